The number of piperazine rings is 1. The normalized spacial score (nSPS) is 16.9. The van der Waals surface area contributed by atoms with Crippen LogP contribution >= 0.6 is 24.0 Å². The number of amides is 1. The summed E-state index contributed by atoms with van der Waals surface area (Å²) in [4.78, 5) is 14.6. The Hall–Kier alpha value is -1.82. The molecule has 1 saturated heterocycles. The Morgan fingerprint density at radius 1 is 1.32 bits per heavy atom. The highest BCUT2D eigenvalue weighted by Gasteiger charge is 2.31. The predicted molar refractivity (Wildman–Crippen MR) is 98.3 cm³/mol. The Bertz CT molecular complexity index is 758. The molecule has 1 heterocycles. The van der Waals surface area contributed by atoms with Crippen molar-refractivity contribution in [2.45, 2.75) is 6.04 Å². The van der Waals surface area contributed by atoms with Crippen LogP contribution in [-0.2, 0) is 0 Å². The lowest BCUT2D eigenvalue weighted by molar-refractivity contribution is 0.0629. The van der Waals surface area contributed by atoms with Crippen LogP contribution in [0.25, 0.3) is 0 Å². The summed E-state index contributed by atoms with van der Waals surface area (Å²) in [5, 5.41) is 3.86. The number of rotatable bonds is 3. The molecule has 25 heavy (non-hydrogen) atoms. The Morgan fingerprint density at radius 3 is 2.76 bits per heavy atom. The molecular formula is C18H19Cl2FN2O2. The van der Waals surface area contributed by atoms with E-state index >= 15 is 0 Å². The molecular weight excluding hydrogens is 366 g/mol. The van der Waals surface area contributed by atoms with Gasteiger partial charge in [-0.25, -0.2) is 4.39 Å². The quantitative estimate of drug-likeness (QED) is 0.876. The molecule has 1 aliphatic heterocycles. The number of hydrogen-bond donors (Lipinski definition) is 1. The van der Waals surface area contributed by atoms with Gasteiger partial charge >= 0.3 is 0 Å². The lowest BCUT2D eigenvalue weighted by Crippen LogP contribution is -2.49. The second-order valence-electron chi connectivity index (χ2n) is 5.59. The molecule has 1 amide bonds. The summed E-state index contributed by atoms with van der Waals surface area (Å²) in [6.07, 6.45) is 0. The molecule has 3 rings (SSSR count). The molecule has 7 heteroatoms. The van der Waals surface area contributed by atoms with E-state index in [1.54, 1.807) is 17.0 Å². The van der Waals surface area contributed by atoms with Crippen molar-refractivity contribution < 1.29 is 13.9 Å². The van der Waals surface area contributed by atoms with E-state index in [1.165, 1.54) is 19.2 Å². The molecule has 2 aromatic rings. The molecule has 1 fully saturated rings. The van der Waals surface area contributed by atoms with Gasteiger partial charge in [-0.2, -0.15) is 0 Å². The fourth-order valence-electron chi connectivity index (χ4n) is 2.92. The van der Waals surface area contributed by atoms with Gasteiger partial charge in [-0.1, -0.05) is 29.8 Å². The third-order valence-corrected chi connectivity index (χ3v) is 4.52. The number of nitrogens with one attached hydrogen (secondary N) is 1. The fourth-order valence-corrected chi connectivity index (χ4v) is 3.18. The third kappa shape index (κ3) is 4.06. The van der Waals surface area contributed by atoms with Gasteiger partial charge in [0.25, 0.3) is 5.91 Å². The maximum Gasteiger partial charge on any atom is 0.257 e. The van der Waals surface area contributed by atoms with Crippen molar-refractivity contribution in [2.24, 2.45) is 0 Å². The van der Waals surface area contributed by atoms with Crippen LogP contribution in [0, 0.1) is 5.82 Å². The van der Waals surface area contributed by atoms with Gasteiger partial charge in [0.1, 0.15) is 11.6 Å². The summed E-state index contributed by atoms with van der Waals surface area (Å²) < 4.78 is 19.3. The first-order chi connectivity index (χ1) is 11.6. The smallest absolute Gasteiger partial charge is 0.257 e. The van der Waals surface area contributed by atoms with Gasteiger partial charge in [0.15, 0.2) is 0 Å². The van der Waals surface area contributed by atoms with Gasteiger partial charge in [-0.3, -0.25) is 4.79 Å². The summed E-state index contributed by atoms with van der Waals surface area (Å²) in [6.45, 7) is 1.72. The van der Waals surface area contributed by atoms with Crippen molar-refractivity contribution in [1.82, 2.24) is 10.2 Å². The second-order valence-corrected chi connectivity index (χ2v) is 5.99. The molecule has 0 aliphatic carbocycles. The van der Waals surface area contributed by atoms with Crippen LogP contribution in [-0.4, -0.2) is 37.6 Å². The summed E-state index contributed by atoms with van der Waals surface area (Å²) in [6, 6.07) is 11.4. The number of nitrogens with zero attached hydrogens (tertiary/aromatic N) is 1. The van der Waals surface area contributed by atoms with Crippen molar-refractivity contribution in [1.29, 1.82) is 0 Å². The fraction of sp³-hybridized carbons (Fsp3) is 0.278. The molecule has 0 saturated carbocycles. The average molecular weight is 385 g/mol. The number of benzene rings is 2. The van der Waals surface area contributed by atoms with E-state index in [-0.39, 0.29) is 29.9 Å². The Morgan fingerprint density at radius 2 is 2.08 bits per heavy atom. The van der Waals surface area contributed by atoms with Crippen LogP contribution in [0.3, 0.4) is 0 Å². The van der Waals surface area contributed by atoms with E-state index in [0.29, 0.717) is 30.4 Å². The number of methoxy groups -OCH3 is 1. The SMILES string of the molecule is COc1ccc(C(=O)N2CCNCC2c2ccccc2Cl)c(F)c1.Cl. The highest BCUT2D eigenvalue weighted by Crippen LogP contribution is 2.30. The minimum atomic E-state index is -0.587. The molecule has 0 spiro atoms. The van der Waals surface area contributed by atoms with Gasteiger partial charge in [0, 0.05) is 30.7 Å². The molecule has 0 aromatic heterocycles. The van der Waals surface area contributed by atoms with Crippen molar-refractivity contribution in [3.63, 3.8) is 0 Å². The Balaban J connectivity index is 0.00000225. The van der Waals surface area contributed by atoms with Gasteiger partial charge in [0.05, 0.1) is 18.7 Å². The topological polar surface area (TPSA) is 41.6 Å². The predicted octanol–water partition coefficient (Wildman–Crippen LogP) is 3.70. The van der Waals surface area contributed by atoms with Crippen molar-refractivity contribution >= 4 is 29.9 Å². The molecule has 134 valence electrons. The monoisotopic (exact) mass is 384 g/mol. The molecule has 1 N–H and O–H groups in total. The maximum absolute atomic E-state index is 14.3. The van der Waals surface area contributed by atoms with Gasteiger partial charge in [0.2, 0.25) is 0 Å². The van der Waals surface area contributed by atoms with Gasteiger partial charge < -0.3 is 15.0 Å². The zero-order chi connectivity index (χ0) is 17.1. The number of hydrogen-bond acceptors (Lipinski definition) is 3. The van der Waals surface area contributed by atoms with Crippen molar-refractivity contribution in [3.05, 3.63) is 64.4 Å². The van der Waals surface area contributed by atoms with E-state index in [0.717, 1.165) is 5.56 Å². The standard InChI is InChI=1S/C18H18ClFN2O2.ClH/c1-24-12-6-7-14(16(20)10-12)18(23)22-9-8-21-11-17(22)13-4-2-3-5-15(13)19;/h2-7,10,17,21H,8-9,11H2,1H3;1H. The summed E-state index contributed by atoms with van der Waals surface area (Å²) in [5.74, 6) is -0.552. The third-order valence-electron chi connectivity index (χ3n) is 4.18. The first-order valence-electron chi connectivity index (χ1n) is 7.71. The Kier molecular flexibility index (Phi) is 6.64. The van der Waals surface area contributed by atoms with Gasteiger partial charge in [-0.05, 0) is 23.8 Å². The summed E-state index contributed by atoms with van der Waals surface area (Å²) in [7, 11) is 1.46. The zero-order valence-corrected chi connectivity index (χ0v) is 15.2. The van der Waals surface area contributed by atoms with Crippen LogP contribution in [0.2, 0.25) is 5.02 Å². The molecule has 0 bridgehead atoms. The molecule has 1 unspecified atom stereocenters. The highest BCUT2D eigenvalue weighted by atomic mass is 35.5. The summed E-state index contributed by atoms with van der Waals surface area (Å²) in [5.41, 5.74) is 0.892. The lowest BCUT2D eigenvalue weighted by Gasteiger charge is -2.37. The summed E-state index contributed by atoms with van der Waals surface area (Å²) >= 11 is 6.29. The molecule has 4 nitrogen and oxygen atoms in total. The minimum Gasteiger partial charge on any atom is -0.497 e. The molecule has 2 aromatic carbocycles. The molecule has 0 radical (unpaired) electrons. The van der Waals surface area contributed by atoms with Crippen LogP contribution in [0.15, 0.2) is 42.5 Å². The maximum atomic E-state index is 14.3. The Labute approximate surface area is 157 Å². The minimum absolute atomic E-state index is 0. The van der Waals surface area contributed by atoms with Crippen LogP contribution in [0.1, 0.15) is 22.0 Å². The number of carbonyl (C=O) groups is 1. The van der Waals surface area contributed by atoms with Crippen LogP contribution < -0.4 is 10.1 Å². The average Bonchev–Trinajstić information content (AvgIpc) is 2.61. The lowest BCUT2D eigenvalue weighted by atomic mass is 10.0. The zero-order valence-electron chi connectivity index (χ0n) is 13.7. The largest absolute Gasteiger partial charge is 0.497 e. The van der Waals surface area contributed by atoms with Crippen LogP contribution in [0.5, 0.6) is 5.75 Å². The molecule has 1 aliphatic rings. The first-order valence-corrected chi connectivity index (χ1v) is 8.09. The highest BCUT2D eigenvalue weighted by molar-refractivity contribution is 6.31. The van der Waals surface area contributed by atoms with Crippen molar-refractivity contribution in [3.8, 4) is 5.75 Å². The van der Waals surface area contributed by atoms with Gasteiger partial charge in [-0.15, -0.1) is 12.4 Å². The van der Waals surface area contributed by atoms with E-state index < -0.39 is 5.82 Å². The first kappa shape index (κ1) is 19.5. The number of halogens is 3. The number of ether oxygens (including phenoxy) is 1. The van der Waals surface area contributed by atoms with E-state index in [2.05, 4.69) is 5.32 Å². The van der Waals surface area contributed by atoms with E-state index in [9.17, 15) is 9.18 Å². The van der Waals surface area contributed by atoms with Crippen molar-refractivity contribution in [2.75, 3.05) is 26.7 Å². The molecule has 1 atom stereocenters. The van der Waals surface area contributed by atoms with E-state index in [4.69, 9.17) is 16.3 Å². The van der Waals surface area contributed by atoms with Crippen LogP contribution in [0.4, 0.5) is 4.39 Å². The van der Waals surface area contributed by atoms with E-state index in [1.807, 2.05) is 18.2 Å². The second kappa shape index (κ2) is 8.52. The number of carbonyl (C=O) groups excluding carboxylic acids is 1.